The van der Waals surface area contributed by atoms with Gasteiger partial charge in [0, 0.05) is 17.7 Å². The van der Waals surface area contributed by atoms with Crippen LogP contribution in [0.1, 0.15) is 12.5 Å². The van der Waals surface area contributed by atoms with E-state index in [4.69, 9.17) is 5.11 Å². The molecular formula is C13H13FN2O2. The van der Waals surface area contributed by atoms with Crippen LogP contribution in [0.2, 0.25) is 0 Å². The highest BCUT2D eigenvalue weighted by molar-refractivity contribution is 5.58. The van der Waals surface area contributed by atoms with Crippen LogP contribution in [0.25, 0.3) is 11.3 Å². The largest absolute Gasteiger partial charge is 0.391 e. The van der Waals surface area contributed by atoms with Gasteiger partial charge in [-0.15, -0.1) is 0 Å². The van der Waals surface area contributed by atoms with Crippen molar-refractivity contribution in [1.82, 2.24) is 9.78 Å². The van der Waals surface area contributed by atoms with Crippen molar-refractivity contribution in [1.29, 1.82) is 0 Å². The highest BCUT2D eigenvalue weighted by Gasteiger charge is 2.08. The van der Waals surface area contributed by atoms with E-state index in [2.05, 4.69) is 5.10 Å². The zero-order valence-electron chi connectivity index (χ0n) is 9.93. The third kappa shape index (κ3) is 2.31. The molecule has 1 aromatic carbocycles. The first-order valence-electron chi connectivity index (χ1n) is 5.63. The minimum absolute atomic E-state index is 0.283. The van der Waals surface area contributed by atoms with Gasteiger partial charge >= 0.3 is 0 Å². The van der Waals surface area contributed by atoms with Crippen molar-refractivity contribution >= 4 is 0 Å². The SMILES string of the molecule is CCn1nc(-c2ccc(F)cc2)cc(CO)c1=O. The molecule has 94 valence electrons. The Bertz CT molecular complexity index is 577. The standard InChI is InChI=1S/C13H13FN2O2/c1-2-16-13(18)10(8-17)7-12(15-16)9-3-5-11(14)6-4-9/h3-7,17H,2,8H2,1H3. The summed E-state index contributed by atoms with van der Waals surface area (Å²) in [5.41, 5.74) is 1.23. The molecule has 0 saturated heterocycles. The zero-order chi connectivity index (χ0) is 13.1. The van der Waals surface area contributed by atoms with Crippen LogP contribution in [-0.2, 0) is 13.2 Å². The summed E-state index contributed by atoms with van der Waals surface area (Å²) in [6, 6.07) is 7.36. The minimum atomic E-state index is -0.338. The van der Waals surface area contributed by atoms with Gasteiger partial charge in [0.15, 0.2) is 0 Å². The van der Waals surface area contributed by atoms with Gasteiger partial charge in [-0.1, -0.05) is 0 Å². The predicted octanol–water partition coefficient (Wildman–Crippen LogP) is 1.56. The van der Waals surface area contributed by atoms with E-state index in [1.54, 1.807) is 19.1 Å². The van der Waals surface area contributed by atoms with Gasteiger partial charge < -0.3 is 5.11 Å². The maximum atomic E-state index is 12.8. The molecular weight excluding hydrogens is 235 g/mol. The molecule has 0 aliphatic heterocycles. The van der Waals surface area contributed by atoms with Crippen molar-refractivity contribution in [3.63, 3.8) is 0 Å². The second kappa shape index (κ2) is 5.10. The van der Waals surface area contributed by atoms with Gasteiger partial charge in [-0.2, -0.15) is 5.10 Å². The number of aliphatic hydroxyl groups excluding tert-OH is 1. The number of halogens is 1. The van der Waals surface area contributed by atoms with Gasteiger partial charge in [-0.05, 0) is 37.3 Å². The number of aliphatic hydroxyl groups is 1. The lowest BCUT2D eigenvalue weighted by Gasteiger charge is -2.07. The van der Waals surface area contributed by atoms with E-state index in [-0.39, 0.29) is 23.5 Å². The molecule has 0 aliphatic carbocycles. The molecule has 18 heavy (non-hydrogen) atoms. The van der Waals surface area contributed by atoms with E-state index in [1.807, 2.05) is 0 Å². The average molecular weight is 248 g/mol. The second-order valence-corrected chi connectivity index (χ2v) is 3.84. The smallest absolute Gasteiger partial charge is 0.272 e. The molecule has 2 rings (SSSR count). The van der Waals surface area contributed by atoms with Crippen LogP contribution in [-0.4, -0.2) is 14.9 Å². The van der Waals surface area contributed by atoms with Crippen molar-refractivity contribution in [2.45, 2.75) is 20.1 Å². The van der Waals surface area contributed by atoms with Crippen LogP contribution in [0.4, 0.5) is 4.39 Å². The summed E-state index contributed by atoms with van der Waals surface area (Å²) >= 11 is 0. The number of nitrogens with zero attached hydrogens (tertiary/aromatic N) is 2. The van der Waals surface area contributed by atoms with Crippen molar-refractivity contribution in [2.75, 3.05) is 0 Å². The zero-order valence-corrected chi connectivity index (χ0v) is 9.93. The van der Waals surface area contributed by atoms with Gasteiger partial charge in [0.05, 0.1) is 12.3 Å². The first-order chi connectivity index (χ1) is 8.65. The Morgan fingerprint density at radius 3 is 2.56 bits per heavy atom. The lowest BCUT2D eigenvalue weighted by Crippen LogP contribution is -2.26. The predicted molar refractivity (Wildman–Crippen MR) is 65.5 cm³/mol. The Labute approximate surface area is 103 Å². The average Bonchev–Trinajstić information content (AvgIpc) is 2.40. The van der Waals surface area contributed by atoms with Crippen LogP contribution >= 0.6 is 0 Å². The molecule has 0 fully saturated rings. The van der Waals surface area contributed by atoms with Gasteiger partial charge in [-0.25, -0.2) is 9.07 Å². The number of aryl methyl sites for hydroxylation is 1. The monoisotopic (exact) mass is 248 g/mol. The highest BCUT2D eigenvalue weighted by Crippen LogP contribution is 2.17. The molecule has 4 nitrogen and oxygen atoms in total. The molecule has 1 heterocycles. The van der Waals surface area contributed by atoms with E-state index < -0.39 is 0 Å². The molecule has 0 atom stereocenters. The molecule has 1 aromatic heterocycles. The molecule has 1 N–H and O–H groups in total. The fraction of sp³-hybridized carbons (Fsp3) is 0.231. The second-order valence-electron chi connectivity index (χ2n) is 3.84. The summed E-state index contributed by atoms with van der Waals surface area (Å²) in [5, 5.41) is 13.3. The summed E-state index contributed by atoms with van der Waals surface area (Å²) in [6.45, 7) is 1.88. The van der Waals surface area contributed by atoms with Crippen molar-refractivity contribution in [3.8, 4) is 11.3 Å². The summed E-state index contributed by atoms with van der Waals surface area (Å²) in [4.78, 5) is 11.7. The number of hydrogen-bond acceptors (Lipinski definition) is 3. The van der Waals surface area contributed by atoms with E-state index in [0.717, 1.165) is 0 Å². The first kappa shape index (κ1) is 12.4. The molecule has 0 aliphatic rings. The van der Waals surface area contributed by atoms with Crippen LogP contribution < -0.4 is 5.56 Å². The third-order valence-corrected chi connectivity index (χ3v) is 2.66. The summed E-state index contributed by atoms with van der Waals surface area (Å²) in [5.74, 6) is -0.329. The lowest BCUT2D eigenvalue weighted by molar-refractivity contribution is 0.278. The van der Waals surface area contributed by atoms with E-state index in [0.29, 0.717) is 17.8 Å². The van der Waals surface area contributed by atoms with Gasteiger partial charge in [0.1, 0.15) is 5.82 Å². The van der Waals surface area contributed by atoms with Gasteiger partial charge in [-0.3, -0.25) is 4.79 Å². The normalized spacial score (nSPS) is 10.6. The molecule has 2 aromatic rings. The van der Waals surface area contributed by atoms with Gasteiger partial charge in [0.2, 0.25) is 0 Å². The summed E-state index contributed by atoms with van der Waals surface area (Å²) < 4.78 is 14.1. The molecule has 0 unspecified atom stereocenters. The lowest BCUT2D eigenvalue weighted by atomic mass is 10.1. The number of hydrogen-bond donors (Lipinski definition) is 1. The Morgan fingerprint density at radius 2 is 2.00 bits per heavy atom. The van der Waals surface area contributed by atoms with Crippen LogP contribution in [0, 0.1) is 5.82 Å². The summed E-state index contributed by atoms with van der Waals surface area (Å²) in [7, 11) is 0. The van der Waals surface area contributed by atoms with Crippen molar-refractivity contribution in [2.24, 2.45) is 0 Å². The minimum Gasteiger partial charge on any atom is -0.391 e. The third-order valence-electron chi connectivity index (χ3n) is 2.66. The molecule has 0 saturated carbocycles. The Balaban J connectivity index is 2.57. The molecule has 0 bridgehead atoms. The maximum absolute atomic E-state index is 12.8. The van der Waals surface area contributed by atoms with Crippen LogP contribution in [0.5, 0.6) is 0 Å². The molecule has 0 amide bonds. The van der Waals surface area contributed by atoms with Crippen molar-refractivity contribution < 1.29 is 9.50 Å². The first-order valence-corrected chi connectivity index (χ1v) is 5.63. The fourth-order valence-corrected chi connectivity index (χ4v) is 1.69. The Hall–Kier alpha value is -2.01. The van der Waals surface area contributed by atoms with Crippen LogP contribution in [0.3, 0.4) is 0 Å². The number of benzene rings is 1. The van der Waals surface area contributed by atoms with Crippen LogP contribution in [0.15, 0.2) is 35.1 Å². The van der Waals surface area contributed by atoms with E-state index in [1.165, 1.54) is 22.9 Å². The highest BCUT2D eigenvalue weighted by atomic mass is 19.1. The van der Waals surface area contributed by atoms with Gasteiger partial charge in [0.25, 0.3) is 5.56 Å². The molecule has 0 radical (unpaired) electrons. The van der Waals surface area contributed by atoms with Crippen molar-refractivity contribution in [3.05, 3.63) is 52.1 Å². The Kier molecular flexibility index (Phi) is 3.53. The van der Waals surface area contributed by atoms with E-state index >= 15 is 0 Å². The Morgan fingerprint density at radius 1 is 1.33 bits per heavy atom. The topological polar surface area (TPSA) is 55.1 Å². The number of rotatable bonds is 3. The molecule has 0 spiro atoms. The fourth-order valence-electron chi connectivity index (χ4n) is 1.69. The number of aromatic nitrogens is 2. The summed E-state index contributed by atoms with van der Waals surface area (Å²) in [6.07, 6.45) is 0. The molecule has 5 heteroatoms. The quantitative estimate of drug-likeness (QED) is 0.896. The van der Waals surface area contributed by atoms with E-state index in [9.17, 15) is 9.18 Å². The maximum Gasteiger partial charge on any atom is 0.272 e.